The van der Waals surface area contributed by atoms with Crippen molar-refractivity contribution in [2.75, 3.05) is 18.8 Å². The first kappa shape index (κ1) is 16.4. The highest BCUT2D eigenvalue weighted by Gasteiger charge is 2.41. The van der Waals surface area contributed by atoms with Gasteiger partial charge in [-0.05, 0) is 13.3 Å². The number of nitrogens with zero attached hydrogens (tertiary/aromatic N) is 3. The summed E-state index contributed by atoms with van der Waals surface area (Å²) in [7, 11) is -6.69. The van der Waals surface area contributed by atoms with E-state index in [1.165, 1.54) is 4.31 Å². The molecule has 0 aromatic carbocycles. The second-order valence-electron chi connectivity index (χ2n) is 5.36. The van der Waals surface area contributed by atoms with Crippen molar-refractivity contribution in [3.63, 3.8) is 0 Å². The Hall–Kier alpha value is -0.930. The Balaban J connectivity index is 2.10. The van der Waals surface area contributed by atoms with Crippen molar-refractivity contribution < 1.29 is 16.8 Å². The third kappa shape index (κ3) is 3.46. The number of rotatable bonds is 5. The predicted octanol–water partition coefficient (Wildman–Crippen LogP) is 0.110. The van der Waals surface area contributed by atoms with Crippen molar-refractivity contribution in [2.24, 2.45) is 0 Å². The van der Waals surface area contributed by atoms with Crippen molar-refractivity contribution in [3.8, 4) is 0 Å². The largest absolute Gasteiger partial charge is 0.336 e. The number of hydrogen-bond acceptors (Lipinski definition) is 5. The van der Waals surface area contributed by atoms with Crippen LogP contribution in [0.2, 0.25) is 0 Å². The first-order valence-corrected chi connectivity index (χ1v) is 10.2. The van der Waals surface area contributed by atoms with Crippen molar-refractivity contribution in [1.29, 1.82) is 0 Å². The van der Waals surface area contributed by atoms with Gasteiger partial charge in [0.2, 0.25) is 10.0 Å². The molecular formula is C12H21N3O4S2. The minimum absolute atomic E-state index is 0.0467. The highest BCUT2D eigenvalue weighted by Crippen LogP contribution is 2.23. The zero-order valence-corrected chi connectivity index (χ0v) is 13.8. The molecule has 1 aliphatic heterocycles. The van der Waals surface area contributed by atoms with Crippen LogP contribution in [0.15, 0.2) is 18.7 Å². The molecule has 0 radical (unpaired) electrons. The maximum Gasteiger partial charge on any atom is 0.215 e. The van der Waals surface area contributed by atoms with Gasteiger partial charge in [0, 0.05) is 32.0 Å². The average molecular weight is 335 g/mol. The topological polar surface area (TPSA) is 89.3 Å². The van der Waals surface area contributed by atoms with Crippen LogP contribution in [0.1, 0.15) is 20.3 Å². The summed E-state index contributed by atoms with van der Waals surface area (Å²) >= 11 is 0. The van der Waals surface area contributed by atoms with E-state index in [1.54, 1.807) is 37.1 Å². The molecule has 2 rings (SSSR count). The zero-order chi connectivity index (χ0) is 15.7. The van der Waals surface area contributed by atoms with Gasteiger partial charge in [-0.15, -0.1) is 0 Å². The van der Waals surface area contributed by atoms with Gasteiger partial charge in [0.25, 0.3) is 0 Å². The molecule has 0 saturated carbocycles. The number of imidazole rings is 1. The van der Waals surface area contributed by atoms with Crippen molar-refractivity contribution in [1.82, 2.24) is 13.9 Å². The molecule has 0 amide bonds. The summed E-state index contributed by atoms with van der Waals surface area (Å²) in [6.07, 6.45) is 5.29. The number of sulfonamides is 1. The molecule has 2 unspecified atom stereocenters. The second-order valence-corrected chi connectivity index (χ2v) is 10.1. The number of aryl methyl sites for hydroxylation is 1. The van der Waals surface area contributed by atoms with Gasteiger partial charge in [0.1, 0.15) is 0 Å². The van der Waals surface area contributed by atoms with E-state index in [4.69, 9.17) is 0 Å². The Kier molecular flexibility index (Phi) is 4.74. The lowest BCUT2D eigenvalue weighted by atomic mass is 10.3. The Morgan fingerprint density at radius 2 is 2.05 bits per heavy atom. The molecular weight excluding hydrogens is 314 g/mol. The van der Waals surface area contributed by atoms with E-state index in [0.717, 1.165) is 0 Å². The molecule has 7 nitrogen and oxygen atoms in total. The van der Waals surface area contributed by atoms with Crippen LogP contribution in [-0.4, -0.2) is 60.0 Å². The molecule has 1 fully saturated rings. The highest BCUT2D eigenvalue weighted by atomic mass is 32.2. The smallest absolute Gasteiger partial charge is 0.215 e. The van der Waals surface area contributed by atoms with E-state index in [1.807, 2.05) is 0 Å². The van der Waals surface area contributed by atoms with Crippen LogP contribution in [0.4, 0.5) is 0 Å². The van der Waals surface area contributed by atoms with Crippen LogP contribution in [0, 0.1) is 0 Å². The van der Waals surface area contributed by atoms with Crippen LogP contribution in [0.5, 0.6) is 0 Å². The fourth-order valence-electron chi connectivity index (χ4n) is 2.48. The minimum Gasteiger partial charge on any atom is -0.336 e. The lowest BCUT2D eigenvalue weighted by Crippen LogP contribution is -2.53. The van der Waals surface area contributed by atoms with Crippen molar-refractivity contribution in [3.05, 3.63) is 18.7 Å². The molecule has 120 valence electrons. The van der Waals surface area contributed by atoms with Crippen molar-refractivity contribution in [2.45, 2.75) is 37.3 Å². The normalized spacial score (nSPS) is 26.8. The van der Waals surface area contributed by atoms with Gasteiger partial charge < -0.3 is 4.57 Å². The maximum atomic E-state index is 12.4. The summed E-state index contributed by atoms with van der Waals surface area (Å²) < 4.78 is 52.1. The van der Waals surface area contributed by atoms with Crippen LogP contribution in [-0.2, 0) is 26.4 Å². The summed E-state index contributed by atoms with van der Waals surface area (Å²) in [5.41, 5.74) is 0. The quantitative estimate of drug-likeness (QED) is 0.762. The standard InChI is InChI=1S/C12H21N3O4S2/c1-3-12-9-15(8-11(2)21(12,18)19)20(16,17)7-6-14-5-4-13-10-14/h4-5,10-12H,3,6-9H2,1-2H3. The first-order chi connectivity index (χ1) is 9.77. The third-order valence-electron chi connectivity index (χ3n) is 3.91. The van der Waals surface area contributed by atoms with Gasteiger partial charge in [-0.3, -0.25) is 0 Å². The van der Waals surface area contributed by atoms with E-state index in [2.05, 4.69) is 4.98 Å². The Labute approximate surface area is 125 Å². The van der Waals surface area contributed by atoms with Gasteiger partial charge in [-0.1, -0.05) is 6.92 Å². The van der Waals surface area contributed by atoms with Gasteiger partial charge in [-0.2, -0.15) is 4.31 Å². The summed E-state index contributed by atoms with van der Waals surface area (Å²) in [4.78, 5) is 3.87. The molecule has 0 spiro atoms. The molecule has 21 heavy (non-hydrogen) atoms. The summed E-state index contributed by atoms with van der Waals surface area (Å²) in [5, 5.41) is -1.26. The number of sulfone groups is 1. The second kappa shape index (κ2) is 6.05. The molecule has 0 bridgehead atoms. The summed E-state index contributed by atoms with van der Waals surface area (Å²) in [6.45, 7) is 3.78. The molecule has 2 heterocycles. The van der Waals surface area contributed by atoms with E-state index in [0.29, 0.717) is 13.0 Å². The van der Waals surface area contributed by atoms with Crippen LogP contribution in [0.3, 0.4) is 0 Å². The van der Waals surface area contributed by atoms with Gasteiger partial charge in [-0.25, -0.2) is 21.8 Å². The Morgan fingerprint density at radius 3 is 2.62 bits per heavy atom. The predicted molar refractivity (Wildman–Crippen MR) is 80.0 cm³/mol. The third-order valence-corrected chi connectivity index (χ3v) is 8.37. The van der Waals surface area contributed by atoms with E-state index < -0.39 is 30.4 Å². The molecule has 0 aliphatic carbocycles. The Morgan fingerprint density at radius 1 is 1.33 bits per heavy atom. The lowest BCUT2D eigenvalue weighted by molar-refractivity contribution is 0.375. The lowest BCUT2D eigenvalue weighted by Gasteiger charge is -2.35. The average Bonchev–Trinajstić information content (AvgIpc) is 2.92. The molecule has 1 aromatic rings. The summed E-state index contributed by atoms with van der Waals surface area (Å²) in [6, 6.07) is 0. The molecule has 9 heteroatoms. The SMILES string of the molecule is CCC1CN(S(=O)(=O)CCn2ccnc2)CC(C)S1(=O)=O. The van der Waals surface area contributed by atoms with Gasteiger partial charge >= 0.3 is 0 Å². The Bertz CT molecular complexity index is 667. The van der Waals surface area contributed by atoms with Gasteiger partial charge in [0.15, 0.2) is 9.84 Å². The number of aromatic nitrogens is 2. The van der Waals surface area contributed by atoms with Crippen LogP contribution in [0.25, 0.3) is 0 Å². The van der Waals surface area contributed by atoms with E-state index in [-0.39, 0.29) is 18.8 Å². The summed E-state index contributed by atoms with van der Waals surface area (Å²) in [5.74, 6) is -0.0490. The zero-order valence-electron chi connectivity index (χ0n) is 12.2. The first-order valence-electron chi connectivity index (χ1n) is 6.93. The minimum atomic E-state index is -3.47. The fraction of sp³-hybridized carbons (Fsp3) is 0.750. The molecule has 1 aliphatic rings. The molecule has 1 saturated heterocycles. The highest BCUT2D eigenvalue weighted by molar-refractivity contribution is 7.93. The number of hydrogen-bond donors (Lipinski definition) is 0. The fourth-order valence-corrected chi connectivity index (χ4v) is 6.13. The van der Waals surface area contributed by atoms with Crippen molar-refractivity contribution >= 4 is 19.9 Å². The van der Waals surface area contributed by atoms with E-state index in [9.17, 15) is 16.8 Å². The monoisotopic (exact) mass is 335 g/mol. The molecule has 1 aromatic heterocycles. The molecule has 2 atom stereocenters. The van der Waals surface area contributed by atoms with Crippen LogP contribution < -0.4 is 0 Å². The van der Waals surface area contributed by atoms with Gasteiger partial charge in [0.05, 0.1) is 22.6 Å². The van der Waals surface area contributed by atoms with E-state index >= 15 is 0 Å². The molecule has 0 N–H and O–H groups in total. The maximum absolute atomic E-state index is 12.4. The van der Waals surface area contributed by atoms with Crippen LogP contribution >= 0.6 is 0 Å².